The van der Waals surface area contributed by atoms with Crippen LogP contribution in [0, 0.1) is 0 Å². The van der Waals surface area contributed by atoms with Crippen LogP contribution in [0.15, 0.2) is 24.3 Å². The van der Waals surface area contributed by atoms with Gasteiger partial charge in [-0.3, -0.25) is 0 Å². The molecule has 0 aliphatic carbocycles. The Kier molecular flexibility index (Phi) is 2.40. The minimum absolute atomic E-state index is 0.00764. The fraction of sp³-hybridized carbons (Fsp3) is 0.333. The maximum atomic E-state index is 9.69. The number of benzene rings is 1. The summed E-state index contributed by atoms with van der Waals surface area (Å²) in [6.07, 6.45) is 0. The summed E-state index contributed by atoms with van der Waals surface area (Å²) in [6, 6.07) is 7.54. The largest absolute Gasteiger partial charge is 0.507 e. The molecule has 1 aromatic heterocycles. The molecule has 0 bridgehead atoms. The highest BCUT2D eigenvalue weighted by molar-refractivity contribution is 5.87. The van der Waals surface area contributed by atoms with Crippen LogP contribution in [-0.2, 0) is 6.61 Å². The summed E-state index contributed by atoms with van der Waals surface area (Å²) in [7, 11) is 0. The van der Waals surface area contributed by atoms with Crippen molar-refractivity contribution in [3.05, 3.63) is 30.0 Å². The molecule has 0 saturated heterocycles. The molecule has 0 aliphatic heterocycles. The summed E-state index contributed by atoms with van der Waals surface area (Å²) in [5, 5.41) is 19.7. The fourth-order valence-corrected chi connectivity index (χ4v) is 2.02. The standard InChI is InChI=1S/C12H15NO2/c1-8(2)13-9(7-14)6-10-11(13)4-3-5-12(10)15/h3-6,8,14-15H,7H2,1-2H3. The van der Waals surface area contributed by atoms with Gasteiger partial charge in [-0.1, -0.05) is 6.07 Å². The maximum absolute atomic E-state index is 9.69. The molecular formula is C12H15NO2. The molecule has 2 rings (SSSR count). The van der Waals surface area contributed by atoms with Gasteiger partial charge < -0.3 is 14.8 Å². The van der Waals surface area contributed by atoms with Gasteiger partial charge in [0.1, 0.15) is 5.75 Å². The SMILES string of the molecule is CC(C)n1c(CO)cc2c(O)cccc21. The van der Waals surface area contributed by atoms with Crippen LogP contribution in [0.5, 0.6) is 5.75 Å². The first kappa shape index (κ1) is 10.1. The molecule has 80 valence electrons. The Balaban J connectivity index is 2.80. The summed E-state index contributed by atoms with van der Waals surface area (Å²) in [6.45, 7) is 4.11. The zero-order valence-electron chi connectivity index (χ0n) is 8.94. The normalized spacial score (nSPS) is 11.5. The minimum atomic E-state index is -0.00764. The van der Waals surface area contributed by atoms with Crippen molar-refractivity contribution in [2.24, 2.45) is 0 Å². The second-order valence-corrected chi connectivity index (χ2v) is 3.97. The third kappa shape index (κ3) is 1.49. The van der Waals surface area contributed by atoms with Crippen LogP contribution >= 0.6 is 0 Å². The monoisotopic (exact) mass is 205 g/mol. The quantitative estimate of drug-likeness (QED) is 0.790. The maximum Gasteiger partial charge on any atom is 0.124 e. The van der Waals surface area contributed by atoms with Crippen molar-refractivity contribution in [2.45, 2.75) is 26.5 Å². The molecule has 0 fully saturated rings. The molecule has 2 N–H and O–H groups in total. The molecule has 1 aromatic carbocycles. The number of aliphatic hydroxyl groups is 1. The van der Waals surface area contributed by atoms with Gasteiger partial charge in [-0.05, 0) is 32.0 Å². The van der Waals surface area contributed by atoms with Crippen molar-refractivity contribution in [1.29, 1.82) is 0 Å². The third-order valence-corrected chi connectivity index (χ3v) is 2.62. The molecule has 0 radical (unpaired) electrons. The number of aromatic nitrogens is 1. The smallest absolute Gasteiger partial charge is 0.124 e. The molecule has 0 amide bonds. The molecule has 0 spiro atoms. The first-order valence-corrected chi connectivity index (χ1v) is 5.07. The van der Waals surface area contributed by atoms with E-state index in [1.54, 1.807) is 6.07 Å². The average Bonchev–Trinajstić information content (AvgIpc) is 2.57. The summed E-state index contributed by atoms with van der Waals surface area (Å²) in [5.74, 6) is 0.265. The summed E-state index contributed by atoms with van der Waals surface area (Å²) in [5.41, 5.74) is 1.80. The lowest BCUT2D eigenvalue weighted by Gasteiger charge is -2.13. The first-order chi connectivity index (χ1) is 7.15. The minimum Gasteiger partial charge on any atom is -0.507 e. The summed E-state index contributed by atoms with van der Waals surface area (Å²) >= 11 is 0. The van der Waals surface area contributed by atoms with Crippen molar-refractivity contribution in [3.8, 4) is 5.75 Å². The van der Waals surface area contributed by atoms with Gasteiger partial charge >= 0.3 is 0 Å². The fourth-order valence-electron chi connectivity index (χ4n) is 2.02. The molecular weight excluding hydrogens is 190 g/mol. The third-order valence-electron chi connectivity index (χ3n) is 2.62. The molecule has 0 saturated carbocycles. The lowest BCUT2D eigenvalue weighted by Crippen LogP contribution is -2.04. The van der Waals surface area contributed by atoms with E-state index in [2.05, 4.69) is 13.8 Å². The number of phenols is 1. The molecule has 0 atom stereocenters. The second kappa shape index (κ2) is 3.59. The van der Waals surface area contributed by atoms with Crippen molar-refractivity contribution in [1.82, 2.24) is 4.57 Å². The number of hydrogen-bond donors (Lipinski definition) is 2. The van der Waals surface area contributed by atoms with Crippen molar-refractivity contribution in [2.75, 3.05) is 0 Å². The van der Waals surface area contributed by atoms with E-state index in [4.69, 9.17) is 0 Å². The van der Waals surface area contributed by atoms with Crippen molar-refractivity contribution in [3.63, 3.8) is 0 Å². The number of fused-ring (bicyclic) bond motifs is 1. The average molecular weight is 205 g/mol. The van der Waals surface area contributed by atoms with E-state index in [1.165, 1.54) is 0 Å². The van der Waals surface area contributed by atoms with Crippen LogP contribution in [0.25, 0.3) is 10.9 Å². The van der Waals surface area contributed by atoms with E-state index in [-0.39, 0.29) is 18.4 Å². The lowest BCUT2D eigenvalue weighted by molar-refractivity contribution is 0.269. The van der Waals surface area contributed by atoms with Crippen LogP contribution in [0.3, 0.4) is 0 Å². The van der Waals surface area contributed by atoms with Gasteiger partial charge in [0, 0.05) is 17.1 Å². The highest BCUT2D eigenvalue weighted by Crippen LogP contribution is 2.30. The van der Waals surface area contributed by atoms with Crippen LogP contribution in [-0.4, -0.2) is 14.8 Å². The topological polar surface area (TPSA) is 45.4 Å². The van der Waals surface area contributed by atoms with Gasteiger partial charge in [-0.2, -0.15) is 0 Å². The zero-order valence-corrected chi connectivity index (χ0v) is 8.94. The Morgan fingerprint density at radius 3 is 2.67 bits per heavy atom. The van der Waals surface area contributed by atoms with Crippen LogP contribution < -0.4 is 0 Å². The van der Waals surface area contributed by atoms with Crippen LogP contribution in [0.2, 0.25) is 0 Å². The molecule has 3 heteroatoms. The Bertz CT molecular complexity index is 486. The molecule has 0 unspecified atom stereocenters. The predicted molar refractivity (Wildman–Crippen MR) is 59.9 cm³/mol. The van der Waals surface area contributed by atoms with Gasteiger partial charge in [0.05, 0.1) is 12.1 Å². The molecule has 0 aliphatic rings. The van der Waals surface area contributed by atoms with E-state index in [0.717, 1.165) is 16.6 Å². The highest BCUT2D eigenvalue weighted by Gasteiger charge is 2.12. The molecule has 3 nitrogen and oxygen atoms in total. The van der Waals surface area contributed by atoms with Gasteiger partial charge in [-0.25, -0.2) is 0 Å². The second-order valence-electron chi connectivity index (χ2n) is 3.97. The van der Waals surface area contributed by atoms with Gasteiger partial charge in [0.2, 0.25) is 0 Å². The number of nitrogens with zero attached hydrogens (tertiary/aromatic N) is 1. The van der Waals surface area contributed by atoms with Crippen molar-refractivity contribution >= 4 is 10.9 Å². The number of aliphatic hydroxyl groups excluding tert-OH is 1. The van der Waals surface area contributed by atoms with E-state index >= 15 is 0 Å². The first-order valence-electron chi connectivity index (χ1n) is 5.07. The number of hydrogen-bond acceptors (Lipinski definition) is 2. The van der Waals surface area contributed by atoms with Crippen LogP contribution in [0.4, 0.5) is 0 Å². The number of phenolic OH excluding ortho intramolecular Hbond substituents is 1. The number of rotatable bonds is 2. The summed E-state index contributed by atoms with van der Waals surface area (Å²) in [4.78, 5) is 0. The Labute approximate surface area is 88.6 Å². The van der Waals surface area contributed by atoms with Gasteiger partial charge in [-0.15, -0.1) is 0 Å². The predicted octanol–water partition coefficient (Wildman–Crippen LogP) is 2.42. The lowest BCUT2D eigenvalue weighted by atomic mass is 10.2. The van der Waals surface area contributed by atoms with E-state index in [9.17, 15) is 10.2 Å². The van der Waals surface area contributed by atoms with E-state index in [1.807, 2.05) is 22.8 Å². The van der Waals surface area contributed by atoms with Crippen LogP contribution in [0.1, 0.15) is 25.6 Å². The summed E-state index contributed by atoms with van der Waals surface area (Å²) < 4.78 is 2.04. The zero-order chi connectivity index (χ0) is 11.0. The van der Waals surface area contributed by atoms with Gasteiger partial charge in [0.15, 0.2) is 0 Å². The molecule has 15 heavy (non-hydrogen) atoms. The van der Waals surface area contributed by atoms with Crippen molar-refractivity contribution < 1.29 is 10.2 Å². The molecule has 1 heterocycles. The van der Waals surface area contributed by atoms with E-state index in [0.29, 0.717) is 0 Å². The number of aromatic hydroxyl groups is 1. The molecule has 2 aromatic rings. The van der Waals surface area contributed by atoms with E-state index < -0.39 is 0 Å². The Morgan fingerprint density at radius 1 is 1.33 bits per heavy atom. The Morgan fingerprint density at radius 2 is 2.07 bits per heavy atom. The Hall–Kier alpha value is -1.48. The highest BCUT2D eigenvalue weighted by atomic mass is 16.3. The van der Waals surface area contributed by atoms with Gasteiger partial charge in [0.25, 0.3) is 0 Å².